The van der Waals surface area contributed by atoms with Gasteiger partial charge in [-0.2, -0.15) is 0 Å². The molecule has 0 heterocycles. The molecule has 5 nitrogen and oxygen atoms in total. The fourth-order valence-corrected chi connectivity index (χ4v) is 2.00. The Labute approximate surface area is 125 Å². The number of nitro groups is 1. The average molecular weight is 326 g/mol. The maximum atomic E-state index is 12.1. The lowest BCUT2D eigenvalue weighted by atomic mass is 10.1. The van der Waals surface area contributed by atoms with Gasteiger partial charge in [0.1, 0.15) is 5.56 Å². The van der Waals surface area contributed by atoms with Crippen LogP contribution in [0.4, 0.5) is 5.69 Å². The molecular formula is C11H11Cl3N2O3. The van der Waals surface area contributed by atoms with E-state index in [2.05, 4.69) is 5.32 Å². The summed E-state index contributed by atoms with van der Waals surface area (Å²) < 4.78 is 0. The fourth-order valence-electron chi connectivity index (χ4n) is 1.33. The highest BCUT2D eigenvalue weighted by Gasteiger charge is 2.30. The summed E-state index contributed by atoms with van der Waals surface area (Å²) in [5, 5.41) is 13.4. The van der Waals surface area contributed by atoms with E-state index in [0.29, 0.717) is 0 Å². The summed E-state index contributed by atoms with van der Waals surface area (Å²) >= 11 is 17.3. The maximum Gasteiger partial charge on any atom is 0.283 e. The molecule has 8 heteroatoms. The Morgan fingerprint density at radius 3 is 2.47 bits per heavy atom. The Hall–Kier alpha value is -1.04. The summed E-state index contributed by atoms with van der Waals surface area (Å²) in [4.78, 5) is 22.3. The number of carbonyl (C=O) groups is 1. The third-order valence-electron chi connectivity index (χ3n) is 2.42. The molecule has 19 heavy (non-hydrogen) atoms. The average Bonchev–Trinajstić information content (AvgIpc) is 2.37. The lowest BCUT2D eigenvalue weighted by molar-refractivity contribution is -0.385. The van der Waals surface area contributed by atoms with Crippen LogP contribution in [0.2, 0.25) is 5.02 Å². The van der Waals surface area contributed by atoms with Gasteiger partial charge in [-0.3, -0.25) is 14.9 Å². The standard InChI is InChI=1S/C11H11Cl3N2O3/c1-11(5-12,6-13)15-10(17)9-7(14)3-2-4-8(9)16(18)19/h2-4H,5-6H2,1H3,(H,15,17). The lowest BCUT2D eigenvalue weighted by Crippen LogP contribution is -2.49. The van der Waals surface area contributed by atoms with Gasteiger partial charge in [0.15, 0.2) is 0 Å². The molecule has 0 bridgehead atoms. The molecule has 0 spiro atoms. The third-order valence-corrected chi connectivity index (χ3v) is 3.92. The van der Waals surface area contributed by atoms with E-state index in [9.17, 15) is 14.9 Å². The number of rotatable bonds is 5. The molecule has 104 valence electrons. The van der Waals surface area contributed by atoms with Crippen molar-refractivity contribution < 1.29 is 9.72 Å². The molecule has 1 rings (SSSR count). The van der Waals surface area contributed by atoms with E-state index in [1.807, 2.05) is 0 Å². The highest BCUT2D eigenvalue weighted by Crippen LogP contribution is 2.26. The molecule has 0 radical (unpaired) electrons. The van der Waals surface area contributed by atoms with Gasteiger partial charge in [0, 0.05) is 17.8 Å². The van der Waals surface area contributed by atoms with Crippen LogP contribution in [0, 0.1) is 10.1 Å². The summed E-state index contributed by atoms with van der Waals surface area (Å²) in [5.41, 5.74) is -1.43. The van der Waals surface area contributed by atoms with Crippen molar-refractivity contribution in [3.05, 3.63) is 38.9 Å². The van der Waals surface area contributed by atoms with Crippen molar-refractivity contribution in [2.75, 3.05) is 11.8 Å². The Morgan fingerprint density at radius 1 is 1.42 bits per heavy atom. The first kappa shape index (κ1) is 16.0. The number of amides is 1. The first-order valence-electron chi connectivity index (χ1n) is 5.22. The van der Waals surface area contributed by atoms with Gasteiger partial charge in [0.25, 0.3) is 11.6 Å². The van der Waals surface area contributed by atoms with Crippen LogP contribution in [0.3, 0.4) is 0 Å². The molecule has 0 aromatic heterocycles. The normalized spacial score (nSPS) is 11.2. The van der Waals surface area contributed by atoms with E-state index >= 15 is 0 Å². The number of alkyl halides is 2. The minimum atomic E-state index is -0.868. The van der Waals surface area contributed by atoms with Crippen LogP contribution < -0.4 is 5.32 Å². The van der Waals surface area contributed by atoms with Gasteiger partial charge < -0.3 is 5.32 Å². The Bertz CT molecular complexity index is 504. The number of benzene rings is 1. The predicted octanol–water partition coefficient (Wildman–Crippen LogP) is 3.21. The molecule has 0 fully saturated rings. The van der Waals surface area contributed by atoms with Gasteiger partial charge in [0.05, 0.1) is 15.5 Å². The molecule has 1 amide bonds. The quantitative estimate of drug-likeness (QED) is 0.513. The van der Waals surface area contributed by atoms with Crippen LogP contribution in [0.25, 0.3) is 0 Å². The second-order valence-electron chi connectivity index (χ2n) is 4.17. The minimum absolute atomic E-state index is 0.00167. The SMILES string of the molecule is CC(CCl)(CCl)NC(=O)c1c(Cl)cccc1[N+](=O)[O-]. The number of nitro benzene ring substituents is 1. The summed E-state index contributed by atoms with van der Waals surface area (Å²) in [6.45, 7) is 1.63. The second kappa shape index (κ2) is 6.41. The number of halogens is 3. The first-order valence-corrected chi connectivity index (χ1v) is 6.66. The van der Waals surface area contributed by atoms with Gasteiger partial charge in [-0.25, -0.2) is 0 Å². The van der Waals surface area contributed by atoms with E-state index in [1.54, 1.807) is 6.92 Å². The molecule has 0 saturated carbocycles. The Balaban J connectivity index is 3.16. The summed E-state index contributed by atoms with van der Waals surface area (Å²) in [5.74, 6) is -0.540. The molecule has 1 N–H and O–H groups in total. The zero-order valence-corrected chi connectivity index (χ0v) is 12.2. The molecule has 0 atom stereocenters. The van der Waals surface area contributed by atoms with Crippen molar-refractivity contribution in [3.63, 3.8) is 0 Å². The molecule has 1 aromatic carbocycles. The van der Waals surface area contributed by atoms with E-state index in [-0.39, 0.29) is 28.0 Å². The second-order valence-corrected chi connectivity index (χ2v) is 5.11. The topological polar surface area (TPSA) is 72.2 Å². The fraction of sp³-hybridized carbons (Fsp3) is 0.364. The van der Waals surface area contributed by atoms with E-state index in [4.69, 9.17) is 34.8 Å². The Morgan fingerprint density at radius 2 is 2.00 bits per heavy atom. The molecular weight excluding hydrogens is 314 g/mol. The first-order chi connectivity index (χ1) is 8.84. The van der Waals surface area contributed by atoms with Crippen molar-refractivity contribution in [1.29, 1.82) is 0 Å². The van der Waals surface area contributed by atoms with Gasteiger partial charge >= 0.3 is 0 Å². The van der Waals surface area contributed by atoms with Gasteiger partial charge in [-0.1, -0.05) is 17.7 Å². The monoisotopic (exact) mass is 324 g/mol. The van der Waals surface area contributed by atoms with Crippen molar-refractivity contribution in [2.24, 2.45) is 0 Å². The van der Waals surface area contributed by atoms with Gasteiger partial charge in [0.2, 0.25) is 0 Å². The zero-order chi connectivity index (χ0) is 14.6. The van der Waals surface area contributed by atoms with Crippen molar-refractivity contribution in [3.8, 4) is 0 Å². The predicted molar refractivity (Wildman–Crippen MR) is 75.4 cm³/mol. The summed E-state index contributed by atoms with van der Waals surface area (Å²) in [7, 11) is 0. The minimum Gasteiger partial charge on any atom is -0.344 e. The summed E-state index contributed by atoms with van der Waals surface area (Å²) in [6, 6.07) is 4.02. The van der Waals surface area contributed by atoms with Gasteiger partial charge in [-0.15, -0.1) is 23.2 Å². The van der Waals surface area contributed by atoms with Crippen LogP contribution in [-0.2, 0) is 0 Å². The van der Waals surface area contributed by atoms with Crippen molar-refractivity contribution >= 4 is 46.4 Å². The largest absolute Gasteiger partial charge is 0.344 e. The van der Waals surface area contributed by atoms with Crippen LogP contribution >= 0.6 is 34.8 Å². The number of nitrogens with one attached hydrogen (secondary N) is 1. The molecule has 0 aliphatic carbocycles. The van der Waals surface area contributed by atoms with Crippen LogP contribution in [-0.4, -0.2) is 28.1 Å². The molecule has 0 aliphatic rings. The highest BCUT2D eigenvalue weighted by atomic mass is 35.5. The molecule has 0 unspecified atom stereocenters. The van der Waals surface area contributed by atoms with Crippen LogP contribution in [0.15, 0.2) is 18.2 Å². The smallest absolute Gasteiger partial charge is 0.283 e. The molecule has 0 aliphatic heterocycles. The van der Waals surface area contributed by atoms with Crippen molar-refractivity contribution in [2.45, 2.75) is 12.5 Å². The molecule has 0 saturated heterocycles. The third kappa shape index (κ3) is 3.72. The van der Waals surface area contributed by atoms with Crippen LogP contribution in [0.5, 0.6) is 0 Å². The van der Waals surface area contributed by atoms with E-state index < -0.39 is 16.4 Å². The Kier molecular flexibility index (Phi) is 5.40. The van der Waals surface area contributed by atoms with Crippen LogP contribution in [0.1, 0.15) is 17.3 Å². The zero-order valence-electron chi connectivity index (χ0n) is 9.95. The van der Waals surface area contributed by atoms with E-state index in [0.717, 1.165) is 0 Å². The lowest BCUT2D eigenvalue weighted by Gasteiger charge is -2.25. The van der Waals surface area contributed by atoms with E-state index in [1.165, 1.54) is 18.2 Å². The maximum absolute atomic E-state index is 12.1. The number of hydrogen-bond acceptors (Lipinski definition) is 3. The van der Waals surface area contributed by atoms with Gasteiger partial charge in [-0.05, 0) is 13.0 Å². The summed E-state index contributed by atoms with van der Waals surface area (Å²) in [6.07, 6.45) is 0. The number of hydrogen-bond donors (Lipinski definition) is 1. The molecule has 1 aromatic rings. The number of nitrogens with zero attached hydrogens (tertiary/aromatic N) is 1. The highest BCUT2D eigenvalue weighted by molar-refractivity contribution is 6.34. The van der Waals surface area contributed by atoms with Crippen molar-refractivity contribution in [1.82, 2.24) is 5.32 Å². The number of carbonyl (C=O) groups excluding carboxylic acids is 1.